The van der Waals surface area contributed by atoms with Crippen LogP contribution in [0.2, 0.25) is 0 Å². The average molecular weight is 598 g/mol. The third-order valence-electron chi connectivity index (χ3n) is 6.82. The lowest BCUT2D eigenvalue weighted by atomic mass is 10.1. The van der Waals surface area contributed by atoms with Gasteiger partial charge in [0.2, 0.25) is 0 Å². The van der Waals surface area contributed by atoms with Crippen molar-refractivity contribution in [2.75, 3.05) is 11.9 Å². The summed E-state index contributed by atoms with van der Waals surface area (Å²) in [6, 6.07) is -2.73. The zero-order valence-corrected chi connectivity index (χ0v) is 22.1. The number of aliphatic hydroxyl groups excluding tert-OH is 1. The molecular formula is C24H26F7N5O3S. The van der Waals surface area contributed by atoms with Crippen molar-refractivity contribution in [1.29, 1.82) is 0 Å². The maximum atomic E-state index is 14.1. The Bertz CT molecular complexity index is 1270. The number of hydrogen-bond donors (Lipinski definition) is 3. The van der Waals surface area contributed by atoms with Crippen LogP contribution in [0.3, 0.4) is 0 Å². The van der Waals surface area contributed by atoms with Crippen LogP contribution >= 0.6 is 11.3 Å². The highest BCUT2D eigenvalue weighted by Crippen LogP contribution is 2.40. The normalized spacial score (nSPS) is 23.5. The van der Waals surface area contributed by atoms with E-state index >= 15 is 0 Å². The first-order valence-corrected chi connectivity index (χ1v) is 13.2. The number of nitrogens with zero attached hydrogens (tertiary/aromatic N) is 3. The van der Waals surface area contributed by atoms with Gasteiger partial charge in [0.15, 0.2) is 5.01 Å². The molecule has 0 radical (unpaired) electrons. The molecule has 2 aliphatic rings. The SMILES string of the molecule is C[C@H](Nc1cc(C(F)F)c(-c2sc(C(=O)NC3CC[C@H](O)C3)nc2C(=O)N2CC(F)(F)C[C@@H]2C)cn1)C(F)(F)F. The van der Waals surface area contributed by atoms with Gasteiger partial charge in [-0.2, -0.15) is 13.2 Å². The van der Waals surface area contributed by atoms with E-state index in [1.165, 1.54) is 6.92 Å². The molecule has 2 aromatic heterocycles. The minimum absolute atomic E-state index is 0.262. The van der Waals surface area contributed by atoms with Crippen LogP contribution < -0.4 is 10.6 Å². The molecule has 220 valence electrons. The van der Waals surface area contributed by atoms with Gasteiger partial charge in [0, 0.05) is 35.8 Å². The Morgan fingerprint density at radius 1 is 1.25 bits per heavy atom. The van der Waals surface area contributed by atoms with Crippen molar-refractivity contribution in [2.24, 2.45) is 0 Å². The summed E-state index contributed by atoms with van der Waals surface area (Å²) in [5.41, 5.74) is -1.70. The second-order valence-electron chi connectivity index (χ2n) is 10.0. The molecule has 4 atom stereocenters. The van der Waals surface area contributed by atoms with Crippen LogP contribution in [0.1, 0.15) is 71.8 Å². The van der Waals surface area contributed by atoms with Gasteiger partial charge in [0.1, 0.15) is 17.6 Å². The predicted molar refractivity (Wildman–Crippen MR) is 131 cm³/mol. The highest BCUT2D eigenvalue weighted by Gasteiger charge is 2.46. The fourth-order valence-electron chi connectivity index (χ4n) is 4.72. The van der Waals surface area contributed by atoms with Gasteiger partial charge >= 0.3 is 6.18 Å². The molecule has 3 heterocycles. The van der Waals surface area contributed by atoms with E-state index in [9.17, 15) is 45.4 Å². The molecular weight excluding hydrogens is 571 g/mol. The molecule has 2 amide bonds. The van der Waals surface area contributed by atoms with Gasteiger partial charge < -0.3 is 20.6 Å². The number of halogens is 7. The minimum atomic E-state index is -4.69. The average Bonchev–Trinajstić information content (AvgIpc) is 3.54. The minimum Gasteiger partial charge on any atom is -0.393 e. The van der Waals surface area contributed by atoms with Crippen molar-refractivity contribution in [3.05, 3.63) is 28.5 Å². The van der Waals surface area contributed by atoms with Gasteiger partial charge in [-0.05, 0) is 39.2 Å². The fourth-order valence-corrected chi connectivity index (χ4v) is 5.72. The van der Waals surface area contributed by atoms with E-state index in [0.717, 1.165) is 18.0 Å². The summed E-state index contributed by atoms with van der Waals surface area (Å²) in [7, 11) is 0. The van der Waals surface area contributed by atoms with Crippen molar-refractivity contribution >= 4 is 29.0 Å². The Kier molecular flexibility index (Phi) is 8.32. The third kappa shape index (κ3) is 6.48. The van der Waals surface area contributed by atoms with Gasteiger partial charge in [-0.3, -0.25) is 9.59 Å². The maximum absolute atomic E-state index is 14.1. The number of amides is 2. The monoisotopic (exact) mass is 597 g/mol. The summed E-state index contributed by atoms with van der Waals surface area (Å²) in [5, 5.41) is 14.1. The van der Waals surface area contributed by atoms with Gasteiger partial charge in [0.25, 0.3) is 24.2 Å². The second-order valence-corrected chi connectivity index (χ2v) is 11.0. The molecule has 1 saturated carbocycles. The highest BCUT2D eigenvalue weighted by atomic mass is 32.1. The first-order chi connectivity index (χ1) is 18.6. The molecule has 16 heteroatoms. The highest BCUT2D eigenvalue weighted by molar-refractivity contribution is 7.17. The van der Waals surface area contributed by atoms with Crippen LogP contribution in [-0.4, -0.2) is 74.7 Å². The molecule has 1 saturated heterocycles. The van der Waals surface area contributed by atoms with Crippen molar-refractivity contribution < 1.29 is 45.4 Å². The number of pyridine rings is 1. The molecule has 1 aliphatic heterocycles. The van der Waals surface area contributed by atoms with E-state index in [2.05, 4.69) is 15.3 Å². The largest absolute Gasteiger partial charge is 0.408 e. The Balaban J connectivity index is 1.75. The van der Waals surface area contributed by atoms with Crippen molar-refractivity contribution in [2.45, 2.75) is 82.3 Å². The van der Waals surface area contributed by atoms with E-state index in [4.69, 9.17) is 0 Å². The molecule has 0 bridgehead atoms. The Labute approximate surface area is 228 Å². The molecule has 4 rings (SSSR count). The maximum Gasteiger partial charge on any atom is 0.408 e. The number of nitrogens with one attached hydrogen (secondary N) is 2. The van der Waals surface area contributed by atoms with E-state index < -0.39 is 84.6 Å². The van der Waals surface area contributed by atoms with Crippen molar-refractivity contribution in [3.8, 4) is 10.4 Å². The Morgan fingerprint density at radius 2 is 1.95 bits per heavy atom. The lowest BCUT2D eigenvalue weighted by molar-refractivity contribution is -0.138. The van der Waals surface area contributed by atoms with Crippen LogP contribution in [-0.2, 0) is 0 Å². The zero-order valence-electron chi connectivity index (χ0n) is 21.2. The molecule has 2 aromatic rings. The fraction of sp³-hybridized carbons (Fsp3) is 0.583. The molecule has 40 heavy (non-hydrogen) atoms. The lowest BCUT2D eigenvalue weighted by Gasteiger charge is -2.21. The molecule has 1 unspecified atom stereocenters. The summed E-state index contributed by atoms with van der Waals surface area (Å²) in [6.45, 7) is 1.22. The standard InChI is InChI=1S/C24H26F7N5O3S/c1-10-7-23(27,28)9-36(10)22(39)17-18(40-21(35-17)20(38)34-12-3-4-13(37)5-12)15-8-32-16(6-14(15)19(25)26)33-11(2)24(29,30)31/h6,8,10-13,19,37H,3-5,7,9H2,1-2H3,(H,32,33)(H,34,38)/t10-,11-,12?,13-/m0/s1. The number of thiazole rings is 1. The van der Waals surface area contributed by atoms with Gasteiger partial charge in [0.05, 0.1) is 17.5 Å². The predicted octanol–water partition coefficient (Wildman–Crippen LogP) is 5.02. The molecule has 0 spiro atoms. The van der Waals surface area contributed by atoms with E-state index in [0.29, 0.717) is 30.2 Å². The van der Waals surface area contributed by atoms with E-state index in [1.807, 2.05) is 5.32 Å². The molecule has 3 N–H and O–H groups in total. The molecule has 0 aromatic carbocycles. The number of aliphatic hydroxyl groups is 1. The van der Waals surface area contributed by atoms with Crippen molar-refractivity contribution in [1.82, 2.24) is 20.2 Å². The summed E-state index contributed by atoms with van der Waals surface area (Å²) in [4.78, 5) is 34.7. The summed E-state index contributed by atoms with van der Waals surface area (Å²) < 4.78 is 95.3. The first-order valence-electron chi connectivity index (χ1n) is 12.4. The van der Waals surface area contributed by atoms with Gasteiger partial charge in [-0.1, -0.05) is 0 Å². The summed E-state index contributed by atoms with van der Waals surface area (Å²) >= 11 is 0.554. The smallest absolute Gasteiger partial charge is 0.393 e. The van der Waals surface area contributed by atoms with Crippen LogP contribution in [0.5, 0.6) is 0 Å². The number of anilines is 1. The van der Waals surface area contributed by atoms with Crippen LogP contribution in [0.25, 0.3) is 10.4 Å². The number of alkyl halides is 7. The first kappa shape index (κ1) is 30.0. The molecule has 2 fully saturated rings. The van der Waals surface area contributed by atoms with Gasteiger partial charge in [-0.25, -0.2) is 27.5 Å². The number of aromatic nitrogens is 2. The number of hydrogen-bond acceptors (Lipinski definition) is 7. The van der Waals surface area contributed by atoms with Crippen LogP contribution in [0.15, 0.2) is 12.3 Å². The van der Waals surface area contributed by atoms with Crippen LogP contribution in [0.4, 0.5) is 36.6 Å². The van der Waals surface area contributed by atoms with Gasteiger partial charge in [-0.15, -0.1) is 11.3 Å². The zero-order chi connectivity index (χ0) is 29.6. The second kappa shape index (κ2) is 11.1. The number of carbonyl (C=O) groups excluding carboxylic acids is 2. The molecule has 1 aliphatic carbocycles. The number of rotatable bonds is 7. The van der Waals surface area contributed by atoms with E-state index in [-0.39, 0.29) is 21.9 Å². The number of carbonyl (C=O) groups is 2. The quantitative estimate of drug-likeness (QED) is 0.387. The Hall–Kier alpha value is -3.01. The van der Waals surface area contributed by atoms with Crippen LogP contribution in [0, 0.1) is 0 Å². The topological polar surface area (TPSA) is 107 Å². The summed E-state index contributed by atoms with van der Waals surface area (Å²) in [6.07, 6.45) is -7.13. The molecule has 8 nitrogen and oxygen atoms in total. The number of likely N-dealkylation sites (tertiary alicyclic amines) is 1. The Morgan fingerprint density at radius 3 is 2.50 bits per heavy atom. The summed E-state index contributed by atoms with van der Waals surface area (Å²) in [5.74, 6) is -5.47. The lowest BCUT2D eigenvalue weighted by Crippen LogP contribution is -2.36. The van der Waals surface area contributed by atoms with Crippen molar-refractivity contribution in [3.63, 3.8) is 0 Å². The van der Waals surface area contributed by atoms with E-state index in [1.54, 1.807) is 0 Å². The third-order valence-corrected chi connectivity index (χ3v) is 7.91.